The second kappa shape index (κ2) is 3.88. The van der Waals surface area contributed by atoms with Crippen LogP contribution in [-0.2, 0) is 0 Å². The van der Waals surface area contributed by atoms with Gasteiger partial charge in [-0.2, -0.15) is 0 Å². The van der Waals surface area contributed by atoms with Crippen LogP contribution < -0.4 is 0 Å². The van der Waals surface area contributed by atoms with Crippen molar-refractivity contribution in [1.29, 1.82) is 0 Å². The molecule has 0 aliphatic rings. The van der Waals surface area contributed by atoms with Gasteiger partial charge in [-0.1, -0.05) is 46.4 Å². The largest absolute Gasteiger partial charge is 0.342 e. The van der Waals surface area contributed by atoms with Crippen molar-refractivity contribution in [1.82, 2.24) is 4.98 Å². The van der Waals surface area contributed by atoms with E-state index in [0.29, 0.717) is 0 Å². The lowest BCUT2D eigenvalue weighted by Gasteiger charge is -1.95. The van der Waals surface area contributed by atoms with Crippen molar-refractivity contribution in [2.45, 2.75) is 4.84 Å². The molecule has 0 amide bonds. The van der Waals surface area contributed by atoms with Gasteiger partial charge in [0.1, 0.15) is 5.15 Å². The standard InChI is InChI=1S/C6H3Cl4NO/c7-2-1-3(11-6(2)10)4(12)5(8)9/h1,5,11H. The molecule has 0 aliphatic carbocycles. The van der Waals surface area contributed by atoms with Gasteiger partial charge in [-0.15, -0.1) is 0 Å². The van der Waals surface area contributed by atoms with Gasteiger partial charge in [-0.3, -0.25) is 4.79 Å². The van der Waals surface area contributed by atoms with Gasteiger partial charge in [0.05, 0.1) is 10.7 Å². The quantitative estimate of drug-likeness (QED) is 0.631. The lowest BCUT2D eigenvalue weighted by atomic mass is 10.3. The van der Waals surface area contributed by atoms with Crippen LogP contribution in [-0.4, -0.2) is 15.6 Å². The summed E-state index contributed by atoms with van der Waals surface area (Å²) >= 11 is 21.8. The normalized spacial score (nSPS) is 10.8. The maximum Gasteiger partial charge on any atom is 0.211 e. The molecule has 0 aromatic carbocycles. The monoisotopic (exact) mass is 245 g/mol. The minimum atomic E-state index is -1.10. The number of hydrogen-bond acceptors (Lipinski definition) is 1. The summed E-state index contributed by atoms with van der Waals surface area (Å²) in [6.45, 7) is 0. The van der Waals surface area contributed by atoms with E-state index in [0.717, 1.165) is 0 Å². The number of carbonyl (C=O) groups is 1. The Morgan fingerprint density at radius 2 is 2.00 bits per heavy atom. The zero-order chi connectivity index (χ0) is 9.30. The maximum absolute atomic E-state index is 11.1. The molecule has 0 saturated carbocycles. The van der Waals surface area contributed by atoms with Crippen LogP contribution in [0.4, 0.5) is 0 Å². The first kappa shape index (κ1) is 10.2. The molecule has 1 N–H and O–H groups in total. The Morgan fingerprint density at radius 3 is 2.33 bits per heavy atom. The van der Waals surface area contributed by atoms with E-state index in [-0.39, 0.29) is 15.9 Å². The number of halogens is 4. The van der Waals surface area contributed by atoms with Crippen molar-refractivity contribution in [3.63, 3.8) is 0 Å². The Hall–Kier alpha value is 0.110. The van der Waals surface area contributed by atoms with Crippen LogP contribution in [0.15, 0.2) is 6.07 Å². The molecule has 12 heavy (non-hydrogen) atoms. The predicted octanol–water partition coefficient (Wildman–Crippen LogP) is 3.31. The number of nitrogens with one attached hydrogen (secondary N) is 1. The number of aromatic nitrogens is 1. The van der Waals surface area contributed by atoms with Gasteiger partial charge >= 0.3 is 0 Å². The van der Waals surface area contributed by atoms with Crippen molar-refractivity contribution in [3.05, 3.63) is 21.9 Å². The second-order valence-electron chi connectivity index (χ2n) is 2.01. The number of alkyl halides is 2. The molecule has 1 rings (SSSR count). The minimum absolute atomic E-state index is 0.203. The predicted molar refractivity (Wildman–Crippen MR) is 50.6 cm³/mol. The summed E-state index contributed by atoms with van der Waals surface area (Å²) in [6.07, 6.45) is 0. The molecule has 66 valence electrons. The molecular formula is C6H3Cl4NO. The van der Waals surface area contributed by atoms with Crippen molar-refractivity contribution in [2.75, 3.05) is 0 Å². The van der Waals surface area contributed by atoms with Crippen LogP contribution in [0.2, 0.25) is 10.2 Å². The fraction of sp³-hybridized carbons (Fsp3) is 0.167. The molecule has 0 aliphatic heterocycles. The average Bonchev–Trinajstić information content (AvgIpc) is 2.30. The van der Waals surface area contributed by atoms with Gasteiger partial charge in [0.2, 0.25) is 5.78 Å². The number of hydrogen-bond donors (Lipinski definition) is 1. The summed E-state index contributed by atoms with van der Waals surface area (Å²) in [5.41, 5.74) is 0.208. The van der Waals surface area contributed by atoms with Gasteiger partial charge in [-0.05, 0) is 6.07 Å². The molecule has 2 nitrogen and oxygen atoms in total. The molecule has 0 fully saturated rings. The van der Waals surface area contributed by atoms with Crippen LogP contribution in [0, 0.1) is 0 Å². The third-order valence-corrected chi connectivity index (χ3v) is 2.28. The van der Waals surface area contributed by atoms with E-state index in [1.807, 2.05) is 0 Å². The van der Waals surface area contributed by atoms with Crippen LogP contribution in [0.5, 0.6) is 0 Å². The Kier molecular flexibility index (Phi) is 3.29. The van der Waals surface area contributed by atoms with Gasteiger partial charge < -0.3 is 4.98 Å². The first-order valence-electron chi connectivity index (χ1n) is 2.88. The Bertz CT molecular complexity index is 287. The molecule has 1 aromatic heterocycles. The molecule has 1 aromatic rings. The van der Waals surface area contributed by atoms with Gasteiger partial charge in [-0.25, -0.2) is 0 Å². The van der Waals surface area contributed by atoms with E-state index < -0.39 is 10.6 Å². The summed E-state index contributed by atoms with van der Waals surface area (Å²) in [5, 5.41) is 0.475. The Labute approximate surface area is 88.7 Å². The van der Waals surface area contributed by atoms with Crippen molar-refractivity contribution < 1.29 is 4.79 Å². The summed E-state index contributed by atoms with van der Waals surface area (Å²) in [5.74, 6) is -0.452. The van der Waals surface area contributed by atoms with E-state index >= 15 is 0 Å². The average molecular weight is 247 g/mol. The molecule has 1 heterocycles. The van der Waals surface area contributed by atoms with Crippen LogP contribution in [0.1, 0.15) is 10.5 Å². The number of aromatic amines is 1. The molecular weight excluding hydrogens is 244 g/mol. The highest BCUT2D eigenvalue weighted by Gasteiger charge is 2.17. The highest BCUT2D eigenvalue weighted by atomic mass is 35.5. The van der Waals surface area contributed by atoms with Crippen molar-refractivity contribution in [3.8, 4) is 0 Å². The first-order chi connectivity index (χ1) is 5.52. The number of Topliss-reactive ketones (excluding diaryl/α,β-unsaturated/α-hetero) is 1. The molecule has 0 unspecified atom stereocenters. The number of H-pyrrole nitrogens is 1. The zero-order valence-electron chi connectivity index (χ0n) is 5.57. The zero-order valence-corrected chi connectivity index (χ0v) is 8.60. The summed E-state index contributed by atoms with van der Waals surface area (Å²) < 4.78 is 0. The lowest BCUT2D eigenvalue weighted by Crippen LogP contribution is -2.07. The molecule has 0 atom stereocenters. The van der Waals surface area contributed by atoms with Gasteiger partial charge in [0.15, 0.2) is 4.84 Å². The SMILES string of the molecule is O=C(c1cc(Cl)c(Cl)[nH]1)C(Cl)Cl. The first-order valence-corrected chi connectivity index (χ1v) is 4.51. The Morgan fingerprint density at radius 1 is 1.42 bits per heavy atom. The van der Waals surface area contributed by atoms with E-state index in [1.165, 1.54) is 6.07 Å². The highest BCUT2D eigenvalue weighted by molar-refractivity contribution is 6.55. The summed E-state index contributed by atoms with van der Waals surface area (Å²) in [6, 6.07) is 1.38. The van der Waals surface area contributed by atoms with Crippen molar-refractivity contribution in [2.24, 2.45) is 0 Å². The van der Waals surface area contributed by atoms with Crippen LogP contribution in [0.3, 0.4) is 0 Å². The molecule has 0 spiro atoms. The summed E-state index contributed by atoms with van der Waals surface area (Å²) in [7, 11) is 0. The maximum atomic E-state index is 11.1. The molecule has 0 saturated heterocycles. The fourth-order valence-electron chi connectivity index (χ4n) is 0.654. The van der Waals surface area contributed by atoms with Gasteiger partial charge in [0, 0.05) is 0 Å². The summed E-state index contributed by atoms with van der Waals surface area (Å²) in [4.78, 5) is 12.5. The van der Waals surface area contributed by atoms with E-state index in [2.05, 4.69) is 4.98 Å². The number of ketones is 1. The third kappa shape index (κ3) is 2.07. The van der Waals surface area contributed by atoms with E-state index in [9.17, 15) is 4.79 Å². The third-order valence-electron chi connectivity index (χ3n) is 1.19. The van der Waals surface area contributed by atoms with Crippen LogP contribution >= 0.6 is 46.4 Å². The molecule has 0 radical (unpaired) electrons. The van der Waals surface area contributed by atoms with Crippen LogP contribution in [0.25, 0.3) is 0 Å². The lowest BCUT2D eigenvalue weighted by molar-refractivity contribution is 0.100. The van der Waals surface area contributed by atoms with E-state index in [4.69, 9.17) is 46.4 Å². The highest BCUT2D eigenvalue weighted by Crippen LogP contribution is 2.23. The fourth-order valence-corrected chi connectivity index (χ4v) is 1.20. The van der Waals surface area contributed by atoms with Gasteiger partial charge in [0.25, 0.3) is 0 Å². The molecule has 0 bridgehead atoms. The number of carbonyl (C=O) groups excluding carboxylic acids is 1. The topological polar surface area (TPSA) is 32.9 Å². The van der Waals surface area contributed by atoms with Crippen molar-refractivity contribution >= 4 is 52.2 Å². The second-order valence-corrected chi connectivity index (χ2v) is 3.89. The smallest absolute Gasteiger partial charge is 0.211 e. The number of rotatable bonds is 2. The van der Waals surface area contributed by atoms with E-state index in [1.54, 1.807) is 0 Å². The Balaban J connectivity index is 2.97. The molecule has 6 heteroatoms. The minimum Gasteiger partial charge on any atom is -0.342 e.